The highest BCUT2D eigenvalue weighted by atomic mass is 32.2. The van der Waals surface area contributed by atoms with Gasteiger partial charge < -0.3 is 5.32 Å². The second-order valence-electron chi connectivity index (χ2n) is 1.41. The van der Waals surface area contributed by atoms with Crippen LogP contribution in [0.15, 0.2) is 0 Å². The monoisotopic (exact) mass is 181 g/mol. The maximum Gasteiger partial charge on any atom is 0.133 e. The van der Waals surface area contributed by atoms with Crippen molar-refractivity contribution in [3.8, 4) is 0 Å². The van der Waals surface area contributed by atoms with E-state index in [1.165, 1.54) is 0 Å². The first-order chi connectivity index (χ1) is 4.31. The number of hydrogen-bond acceptors (Lipinski definition) is 3. The Morgan fingerprint density at radius 2 is 2.22 bits per heavy atom. The van der Waals surface area contributed by atoms with Gasteiger partial charge in [0.25, 0.3) is 0 Å². The summed E-state index contributed by atoms with van der Waals surface area (Å²) in [5.74, 6) is 1.13. The van der Waals surface area contributed by atoms with Gasteiger partial charge in [0.05, 0.1) is 0 Å². The van der Waals surface area contributed by atoms with Crippen molar-refractivity contribution in [1.29, 1.82) is 0 Å². The van der Waals surface area contributed by atoms with Crippen molar-refractivity contribution in [3.63, 3.8) is 0 Å². The summed E-state index contributed by atoms with van der Waals surface area (Å²) in [5.41, 5.74) is 0. The Hall–Kier alpha value is 0.590. The van der Waals surface area contributed by atoms with E-state index in [4.69, 9.17) is 12.2 Å². The summed E-state index contributed by atoms with van der Waals surface area (Å²) in [6.07, 6.45) is 4.07. The van der Waals surface area contributed by atoms with E-state index in [-0.39, 0.29) is 0 Å². The van der Waals surface area contributed by atoms with Crippen molar-refractivity contribution >= 4 is 40.1 Å². The average Bonchev–Trinajstić information content (AvgIpc) is 1.89. The van der Waals surface area contributed by atoms with Crippen LogP contribution in [0.1, 0.15) is 0 Å². The molecule has 0 saturated carbocycles. The zero-order valence-corrected chi connectivity index (χ0v) is 8.09. The van der Waals surface area contributed by atoms with Crippen molar-refractivity contribution < 1.29 is 0 Å². The standard InChI is InChI=1S/C5H11NS3/c1-8-4-3-6-5(7)9-2/h3-4H2,1-2H3,(H,6,7). The molecule has 0 spiro atoms. The molecule has 0 aromatic heterocycles. The summed E-state index contributed by atoms with van der Waals surface area (Å²) in [6, 6.07) is 0. The Kier molecular flexibility index (Phi) is 7.15. The van der Waals surface area contributed by atoms with E-state index < -0.39 is 0 Å². The van der Waals surface area contributed by atoms with Crippen LogP contribution in [0.4, 0.5) is 0 Å². The molecule has 0 atom stereocenters. The van der Waals surface area contributed by atoms with Crippen LogP contribution in [-0.2, 0) is 0 Å². The first-order valence-corrected chi connectivity index (χ1v) is 5.64. The number of thiocarbonyl (C=S) groups is 1. The molecule has 1 N–H and O–H groups in total. The van der Waals surface area contributed by atoms with E-state index in [1.807, 2.05) is 18.0 Å². The van der Waals surface area contributed by atoms with Gasteiger partial charge in [0, 0.05) is 12.3 Å². The zero-order chi connectivity index (χ0) is 7.11. The van der Waals surface area contributed by atoms with Crippen LogP contribution in [-0.4, -0.2) is 29.1 Å². The molecule has 0 heterocycles. The van der Waals surface area contributed by atoms with Crippen molar-refractivity contribution in [3.05, 3.63) is 0 Å². The maximum atomic E-state index is 4.91. The van der Waals surface area contributed by atoms with Crippen LogP contribution in [0, 0.1) is 0 Å². The summed E-state index contributed by atoms with van der Waals surface area (Å²) in [7, 11) is 0. The zero-order valence-electron chi connectivity index (χ0n) is 5.64. The molecule has 54 valence electrons. The summed E-state index contributed by atoms with van der Waals surface area (Å²) in [5, 5.41) is 3.11. The molecular formula is C5H11NS3. The van der Waals surface area contributed by atoms with Gasteiger partial charge in [-0.15, -0.1) is 11.8 Å². The van der Waals surface area contributed by atoms with Gasteiger partial charge in [-0.3, -0.25) is 0 Å². The first kappa shape index (κ1) is 9.59. The molecule has 0 radical (unpaired) electrons. The summed E-state index contributed by atoms with van der Waals surface area (Å²) in [6.45, 7) is 0.987. The van der Waals surface area contributed by atoms with Gasteiger partial charge in [0.15, 0.2) is 0 Å². The molecule has 0 aliphatic carbocycles. The van der Waals surface area contributed by atoms with Crippen LogP contribution >= 0.6 is 35.7 Å². The summed E-state index contributed by atoms with van der Waals surface area (Å²) in [4.78, 5) is 0. The van der Waals surface area contributed by atoms with Gasteiger partial charge in [-0.25, -0.2) is 0 Å². The van der Waals surface area contributed by atoms with Crippen LogP contribution in [0.5, 0.6) is 0 Å². The third-order valence-corrected chi connectivity index (χ3v) is 2.53. The molecule has 0 amide bonds. The van der Waals surface area contributed by atoms with Gasteiger partial charge in [0.1, 0.15) is 4.32 Å². The molecule has 0 aromatic carbocycles. The van der Waals surface area contributed by atoms with Gasteiger partial charge >= 0.3 is 0 Å². The van der Waals surface area contributed by atoms with Crippen LogP contribution < -0.4 is 5.32 Å². The smallest absolute Gasteiger partial charge is 0.133 e. The van der Waals surface area contributed by atoms with Gasteiger partial charge in [-0.1, -0.05) is 12.2 Å². The van der Waals surface area contributed by atoms with E-state index in [1.54, 1.807) is 11.8 Å². The SMILES string of the molecule is CSCCNC(=S)SC. The predicted molar refractivity (Wildman–Crippen MR) is 52.5 cm³/mol. The van der Waals surface area contributed by atoms with Crippen LogP contribution in [0.2, 0.25) is 0 Å². The minimum atomic E-state index is 0.893. The maximum absolute atomic E-state index is 4.91. The molecule has 9 heavy (non-hydrogen) atoms. The van der Waals surface area contributed by atoms with E-state index in [0.29, 0.717) is 0 Å². The summed E-state index contributed by atoms with van der Waals surface area (Å²) < 4.78 is 0.893. The molecule has 0 aliphatic rings. The Balaban J connectivity index is 2.97. The van der Waals surface area contributed by atoms with Crippen LogP contribution in [0.25, 0.3) is 0 Å². The fourth-order valence-corrected chi connectivity index (χ4v) is 0.982. The van der Waals surface area contributed by atoms with Crippen molar-refractivity contribution in [2.24, 2.45) is 0 Å². The second-order valence-corrected chi connectivity index (χ2v) is 3.88. The van der Waals surface area contributed by atoms with Crippen molar-refractivity contribution in [2.75, 3.05) is 24.8 Å². The van der Waals surface area contributed by atoms with Crippen LogP contribution in [0.3, 0.4) is 0 Å². The van der Waals surface area contributed by atoms with E-state index >= 15 is 0 Å². The molecule has 0 saturated heterocycles. The fraction of sp³-hybridized carbons (Fsp3) is 0.800. The molecule has 0 aliphatic heterocycles. The Morgan fingerprint density at radius 1 is 1.56 bits per heavy atom. The largest absolute Gasteiger partial charge is 0.370 e. The lowest BCUT2D eigenvalue weighted by Crippen LogP contribution is -2.20. The fourth-order valence-electron chi connectivity index (χ4n) is 0.327. The minimum absolute atomic E-state index is 0.893. The van der Waals surface area contributed by atoms with Crippen molar-refractivity contribution in [1.82, 2.24) is 5.32 Å². The van der Waals surface area contributed by atoms with Gasteiger partial charge in [0.2, 0.25) is 0 Å². The Morgan fingerprint density at radius 3 is 2.67 bits per heavy atom. The number of thioether (sulfide) groups is 2. The average molecular weight is 181 g/mol. The summed E-state index contributed by atoms with van der Waals surface area (Å²) >= 11 is 8.32. The van der Waals surface area contributed by atoms with E-state index in [0.717, 1.165) is 16.6 Å². The van der Waals surface area contributed by atoms with Gasteiger partial charge in [-0.05, 0) is 12.5 Å². The predicted octanol–water partition coefficient (Wildman–Crippen LogP) is 1.59. The highest BCUT2D eigenvalue weighted by Crippen LogP contribution is 1.94. The second kappa shape index (κ2) is 6.71. The topological polar surface area (TPSA) is 12.0 Å². The lowest BCUT2D eigenvalue weighted by Gasteiger charge is -2.01. The molecule has 1 nitrogen and oxygen atoms in total. The molecule has 0 rings (SSSR count). The highest BCUT2D eigenvalue weighted by Gasteiger charge is 1.88. The van der Waals surface area contributed by atoms with E-state index in [9.17, 15) is 0 Å². The molecule has 4 heteroatoms. The Bertz CT molecular complexity index is 84.3. The molecule has 0 bridgehead atoms. The lowest BCUT2D eigenvalue weighted by atomic mass is 10.8. The normalized spacial score (nSPS) is 9.11. The minimum Gasteiger partial charge on any atom is -0.370 e. The number of nitrogens with one attached hydrogen (secondary N) is 1. The van der Waals surface area contributed by atoms with Gasteiger partial charge in [-0.2, -0.15) is 11.8 Å². The first-order valence-electron chi connectivity index (χ1n) is 2.62. The molecule has 0 aromatic rings. The molecule has 0 unspecified atom stereocenters. The lowest BCUT2D eigenvalue weighted by molar-refractivity contribution is 1.01. The van der Waals surface area contributed by atoms with E-state index in [2.05, 4.69) is 11.6 Å². The third-order valence-electron chi connectivity index (χ3n) is 0.761. The molecule has 0 fully saturated rings. The molecular weight excluding hydrogens is 170 g/mol. The third kappa shape index (κ3) is 6.48. The van der Waals surface area contributed by atoms with Crippen molar-refractivity contribution in [2.45, 2.75) is 0 Å². The quantitative estimate of drug-likeness (QED) is 0.524. The number of hydrogen-bond donors (Lipinski definition) is 1. The Labute approximate surface area is 70.4 Å². The number of rotatable bonds is 3. The highest BCUT2D eigenvalue weighted by molar-refractivity contribution is 8.22.